The minimum atomic E-state index is -0.121. The van der Waals surface area contributed by atoms with Gasteiger partial charge in [-0.1, -0.05) is 48.5 Å². The Bertz CT molecular complexity index is 1090. The van der Waals surface area contributed by atoms with Crippen LogP contribution in [0.4, 0.5) is 5.69 Å². The molecule has 1 aliphatic rings. The van der Waals surface area contributed by atoms with Gasteiger partial charge in [0.15, 0.2) is 0 Å². The van der Waals surface area contributed by atoms with Crippen LogP contribution in [0.25, 0.3) is 0 Å². The molecule has 0 unspecified atom stereocenters. The van der Waals surface area contributed by atoms with E-state index >= 15 is 0 Å². The average Bonchev–Trinajstić information content (AvgIpc) is 2.85. The summed E-state index contributed by atoms with van der Waals surface area (Å²) in [6.07, 6.45) is 1.68. The minimum Gasteiger partial charge on any atom is -0.337 e. The second kappa shape index (κ2) is 10.5. The second-order valence-corrected chi connectivity index (χ2v) is 9.26. The Balaban J connectivity index is 1.45. The van der Waals surface area contributed by atoms with Crippen molar-refractivity contribution < 1.29 is 9.59 Å². The standard InChI is InChI=1S/C27H28N2O2S/c1-20-19-23(27(31)29-15-17-32-18-16-29)13-14-25(20)28-26(30)24-10-6-5-9-22(24)12-11-21-7-3-2-4-8-21/h2-10,13-14,19H,11-12,15-18H2,1H3,(H,28,30). The van der Waals surface area contributed by atoms with Crippen LogP contribution < -0.4 is 5.32 Å². The predicted octanol–water partition coefficient (Wildman–Crippen LogP) is 5.22. The summed E-state index contributed by atoms with van der Waals surface area (Å²) < 4.78 is 0. The van der Waals surface area contributed by atoms with Gasteiger partial charge < -0.3 is 10.2 Å². The lowest BCUT2D eigenvalue weighted by molar-refractivity contribution is 0.0772. The Morgan fingerprint density at radius 2 is 1.62 bits per heavy atom. The van der Waals surface area contributed by atoms with E-state index in [2.05, 4.69) is 17.4 Å². The molecule has 0 radical (unpaired) electrons. The molecule has 0 aromatic heterocycles. The van der Waals surface area contributed by atoms with Gasteiger partial charge in [0, 0.05) is 41.4 Å². The smallest absolute Gasteiger partial charge is 0.255 e. The summed E-state index contributed by atoms with van der Waals surface area (Å²) in [4.78, 5) is 27.8. The van der Waals surface area contributed by atoms with Crippen molar-refractivity contribution in [2.24, 2.45) is 0 Å². The molecule has 0 atom stereocenters. The Hall–Kier alpha value is -3.05. The predicted molar refractivity (Wildman–Crippen MR) is 133 cm³/mol. The number of amides is 2. The molecule has 1 N–H and O–H groups in total. The topological polar surface area (TPSA) is 49.4 Å². The Morgan fingerprint density at radius 3 is 2.38 bits per heavy atom. The highest BCUT2D eigenvalue weighted by Crippen LogP contribution is 2.21. The fourth-order valence-corrected chi connectivity index (χ4v) is 4.86. The van der Waals surface area contributed by atoms with Crippen LogP contribution >= 0.6 is 11.8 Å². The summed E-state index contributed by atoms with van der Waals surface area (Å²) in [5, 5.41) is 3.04. The molecule has 164 valence electrons. The average molecular weight is 445 g/mol. The first-order valence-corrected chi connectivity index (χ1v) is 12.2. The summed E-state index contributed by atoms with van der Waals surface area (Å²) in [6.45, 7) is 3.52. The number of carbonyl (C=O) groups excluding carboxylic acids is 2. The van der Waals surface area contributed by atoms with Crippen LogP contribution in [0.5, 0.6) is 0 Å². The van der Waals surface area contributed by atoms with E-state index in [0.717, 1.165) is 54.3 Å². The molecule has 0 saturated carbocycles. The van der Waals surface area contributed by atoms with Crippen LogP contribution in [-0.2, 0) is 12.8 Å². The summed E-state index contributed by atoms with van der Waals surface area (Å²) in [7, 11) is 0. The van der Waals surface area contributed by atoms with Crippen LogP contribution in [0.15, 0.2) is 72.8 Å². The van der Waals surface area contributed by atoms with Crippen molar-refractivity contribution in [3.05, 3.63) is 101 Å². The summed E-state index contributed by atoms with van der Waals surface area (Å²) >= 11 is 1.88. The number of aryl methyl sites for hydroxylation is 3. The van der Waals surface area contributed by atoms with E-state index in [9.17, 15) is 9.59 Å². The monoisotopic (exact) mass is 444 g/mol. The van der Waals surface area contributed by atoms with Gasteiger partial charge in [0.05, 0.1) is 0 Å². The summed E-state index contributed by atoms with van der Waals surface area (Å²) in [5.74, 6) is 1.92. The minimum absolute atomic E-state index is 0.0672. The van der Waals surface area contributed by atoms with Crippen molar-refractivity contribution in [3.63, 3.8) is 0 Å². The van der Waals surface area contributed by atoms with Gasteiger partial charge in [-0.2, -0.15) is 11.8 Å². The molecule has 2 amide bonds. The van der Waals surface area contributed by atoms with Gasteiger partial charge in [0.25, 0.3) is 11.8 Å². The van der Waals surface area contributed by atoms with Gasteiger partial charge >= 0.3 is 0 Å². The second-order valence-electron chi connectivity index (χ2n) is 8.03. The third-order valence-corrected chi connectivity index (χ3v) is 6.75. The number of nitrogens with one attached hydrogen (secondary N) is 1. The third kappa shape index (κ3) is 5.40. The highest BCUT2D eigenvalue weighted by atomic mass is 32.2. The quantitative estimate of drug-likeness (QED) is 0.567. The Labute approximate surface area is 194 Å². The van der Waals surface area contributed by atoms with Crippen molar-refractivity contribution in [1.29, 1.82) is 0 Å². The first-order chi connectivity index (χ1) is 15.6. The van der Waals surface area contributed by atoms with Crippen LogP contribution in [-0.4, -0.2) is 41.3 Å². The molecule has 32 heavy (non-hydrogen) atoms. The maximum Gasteiger partial charge on any atom is 0.255 e. The molecule has 0 bridgehead atoms. The fourth-order valence-electron chi connectivity index (χ4n) is 3.96. The largest absolute Gasteiger partial charge is 0.337 e. The van der Waals surface area contributed by atoms with E-state index in [-0.39, 0.29) is 11.8 Å². The summed E-state index contributed by atoms with van der Waals surface area (Å²) in [6, 6.07) is 23.6. The lowest BCUT2D eigenvalue weighted by Crippen LogP contribution is -2.37. The molecule has 4 nitrogen and oxygen atoms in total. The van der Waals surface area contributed by atoms with Gasteiger partial charge in [0.1, 0.15) is 0 Å². The van der Waals surface area contributed by atoms with Crippen LogP contribution in [0.3, 0.4) is 0 Å². The SMILES string of the molecule is Cc1cc(C(=O)N2CCSCC2)ccc1NC(=O)c1ccccc1CCc1ccccc1. The summed E-state index contributed by atoms with van der Waals surface area (Å²) in [5.41, 5.74) is 5.27. The highest BCUT2D eigenvalue weighted by Gasteiger charge is 2.19. The van der Waals surface area contributed by atoms with E-state index in [1.54, 1.807) is 0 Å². The van der Waals surface area contributed by atoms with Crippen molar-refractivity contribution >= 4 is 29.3 Å². The zero-order valence-electron chi connectivity index (χ0n) is 18.3. The van der Waals surface area contributed by atoms with Crippen LogP contribution in [0, 0.1) is 6.92 Å². The zero-order valence-corrected chi connectivity index (χ0v) is 19.2. The van der Waals surface area contributed by atoms with Gasteiger partial charge in [-0.25, -0.2) is 0 Å². The molecule has 3 aromatic carbocycles. The van der Waals surface area contributed by atoms with Crippen molar-refractivity contribution in [2.45, 2.75) is 19.8 Å². The number of anilines is 1. The lowest BCUT2D eigenvalue weighted by Gasteiger charge is -2.26. The van der Waals surface area contributed by atoms with E-state index in [4.69, 9.17) is 0 Å². The number of hydrogen-bond acceptors (Lipinski definition) is 3. The van der Waals surface area contributed by atoms with E-state index in [0.29, 0.717) is 11.1 Å². The van der Waals surface area contributed by atoms with Gasteiger partial charge in [-0.05, 0) is 60.7 Å². The van der Waals surface area contributed by atoms with Crippen molar-refractivity contribution in [3.8, 4) is 0 Å². The van der Waals surface area contributed by atoms with E-state index in [1.807, 2.05) is 84.2 Å². The number of hydrogen-bond donors (Lipinski definition) is 1. The molecular weight excluding hydrogens is 416 g/mol. The highest BCUT2D eigenvalue weighted by molar-refractivity contribution is 7.99. The fraction of sp³-hybridized carbons (Fsp3) is 0.259. The first kappa shape index (κ1) is 22.2. The Morgan fingerprint density at radius 1 is 0.906 bits per heavy atom. The zero-order chi connectivity index (χ0) is 22.3. The van der Waals surface area contributed by atoms with E-state index in [1.165, 1.54) is 5.56 Å². The molecule has 4 rings (SSSR count). The molecule has 1 fully saturated rings. The number of benzene rings is 3. The number of thioether (sulfide) groups is 1. The molecule has 1 saturated heterocycles. The van der Waals surface area contributed by atoms with Gasteiger partial charge in [-0.15, -0.1) is 0 Å². The normalized spacial score (nSPS) is 13.6. The van der Waals surface area contributed by atoms with Gasteiger partial charge in [-0.3, -0.25) is 9.59 Å². The molecule has 1 aliphatic heterocycles. The van der Waals surface area contributed by atoms with Crippen LogP contribution in [0.2, 0.25) is 0 Å². The maximum atomic E-state index is 13.1. The molecule has 3 aromatic rings. The molecule has 5 heteroatoms. The molecule has 0 spiro atoms. The number of rotatable bonds is 6. The van der Waals surface area contributed by atoms with E-state index < -0.39 is 0 Å². The van der Waals surface area contributed by atoms with Crippen molar-refractivity contribution in [2.75, 3.05) is 29.9 Å². The maximum absolute atomic E-state index is 13.1. The van der Waals surface area contributed by atoms with Gasteiger partial charge in [0.2, 0.25) is 0 Å². The van der Waals surface area contributed by atoms with Crippen molar-refractivity contribution in [1.82, 2.24) is 4.90 Å². The number of carbonyl (C=O) groups is 2. The third-order valence-electron chi connectivity index (χ3n) is 5.81. The number of nitrogens with zero attached hydrogens (tertiary/aromatic N) is 1. The van der Waals surface area contributed by atoms with Crippen LogP contribution in [0.1, 0.15) is 37.4 Å². The first-order valence-electron chi connectivity index (χ1n) is 11.0. The molecule has 1 heterocycles. The molecule has 0 aliphatic carbocycles. The lowest BCUT2D eigenvalue weighted by atomic mass is 9.99. The Kier molecular flexibility index (Phi) is 7.28. The molecular formula is C27H28N2O2S.